The molecular weight excluding hydrogens is 380 g/mol. The molecule has 0 aliphatic heterocycles. The summed E-state index contributed by atoms with van der Waals surface area (Å²) in [5.41, 5.74) is 1.25. The first-order valence-corrected chi connectivity index (χ1v) is 9.35. The van der Waals surface area contributed by atoms with Crippen molar-refractivity contribution in [3.8, 4) is 17.2 Å². The van der Waals surface area contributed by atoms with Crippen molar-refractivity contribution in [1.29, 1.82) is 0 Å². The molecule has 0 bridgehead atoms. The number of thiazole rings is 1. The van der Waals surface area contributed by atoms with Crippen molar-refractivity contribution in [2.24, 2.45) is 0 Å². The number of carbonyl (C=O) groups excluding carboxylic acids is 2. The number of benzene rings is 2. The molecule has 0 radical (unpaired) electrons. The van der Waals surface area contributed by atoms with E-state index in [4.69, 9.17) is 14.2 Å². The van der Waals surface area contributed by atoms with Crippen molar-refractivity contribution in [2.75, 3.05) is 26.6 Å². The molecule has 8 heteroatoms. The third-order valence-electron chi connectivity index (χ3n) is 4.13. The zero-order chi connectivity index (χ0) is 20.1. The van der Waals surface area contributed by atoms with Gasteiger partial charge in [0.2, 0.25) is 5.91 Å². The van der Waals surface area contributed by atoms with Gasteiger partial charge in [-0.15, -0.1) is 0 Å². The third-order valence-corrected chi connectivity index (χ3v) is 5.06. The van der Waals surface area contributed by atoms with Crippen LogP contribution in [0.5, 0.6) is 17.2 Å². The molecule has 7 nitrogen and oxygen atoms in total. The number of hydrogen-bond acceptors (Lipinski definition) is 7. The number of rotatable bonds is 8. The van der Waals surface area contributed by atoms with E-state index in [1.54, 1.807) is 25.3 Å². The number of ether oxygens (including phenoxy) is 3. The van der Waals surface area contributed by atoms with Crippen LogP contribution in [0.3, 0.4) is 0 Å². The van der Waals surface area contributed by atoms with Crippen molar-refractivity contribution in [3.63, 3.8) is 0 Å². The van der Waals surface area contributed by atoms with Crippen LogP contribution in [-0.2, 0) is 4.79 Å². The smallest absolute Gasteiger partial charge is 0.226 e. The van der Waals surface area contributed by atoms with Crippen molar-refractivity contribution in [3.05, 3.63) is 42.0 Å². The van der Waals surface area contributed by atoms with E-state index in [9.17, 15) is 9.59 Å². The molecule has 0 spiro atoms. The lowest BCUT2D eigenvalue weighted by atomic mass is 10.1. The number of ketones is 1. The fourth-order valence-electron chi connectivity index (χ4n) is 2.65. The lowest BCUT2D eigenvalue weighted by molar-refractivity contribution is -0.116. The van der Waals surface area contributed by atoms with Gasteiger partial charge >= 0.3 is 0 Å². The average molecular weight is 400 g/mol. The Bertz CT molecular complexity index is 1010. The number of amides is 1. The number of nitrogens with zero attached hydrogens (tertiary/aromatic N) is 1. The SMILES string of the molecule is COc1ccc2nc(NC(=O)CCC(=O)c3ccc(OC)c(OC)c3)sc2c1. The molecule has 0 unspecified atom stereocenters. The number of anilines is 1. The van der Waals surface area contributed by atoms with Gasteiger partial charge in [0.15, 0.2) is 22.4 Å². The zero-order valence-electron chi connectivity index (χ0n) is 15.8. The fourth-order valence-corrected chi connectivity index (χ4v) is 3.56. The van der Waals surface area contributed by atoms with E-state index >= 15 is 0 Å². The lowest BCUT2D eigenvalue weighted by Gasteiger charge is -2.09. The highest BCUT2D eigenvalue weighted by Gasteiger charge is 2.14. The maximum atomic E-state index is 12.4. The summed E-state index contributed by atoms with van der Waals surface area (Å²) in [5.74, 6) is 1.34. The first-order valence-electron chi connectivity index (χ1n) is 8.53. The van der Waals surface area contributed by atoms with Gasteiger partial charge in [0, 0.05) is 18.4 Å². The highest BCUT2D eigenvalue weighted by Crippen LogP contribution is 2.30. The molecule has 1 amide bonds. The molecule has 1 aromatic heterocycles. The number of Topliss-reactive ketones (excluding diaryl/α,β-unsaturated/α-hetero) is 1. The average Bonchev–Trinajstić information content (AvgIpc) is 3.12. The van der Waals surface area contributed by atoms with Gasteiger partial charge in [0.1, 0.15) is 5.75 Å². The van der Waals surface area contributed by atoms with Crippen molar-refractivity contribution in [1.82, 2.24) is 4.98 Å². The van der Waals surface area contributed by atoms with E-state index < -0.39 is 0 Å². The van der Waals surface area contributed by atoms with Gasteiger partial charge in [-0.3, -0.25) is 9.59 Å². The Hall–Kier alpha value is -3.13. The third kappa shape index (κ3) is 4.40. The molecule has 146 valence electrons. The van der Waals surface area contributed by atoms with Crippen LogP contribution in [0.2, 0.25) is 0 Å². The van der Waals surface area contributed by atoms with Crippen LogP contribution in [0.15, 0.2) is 36.4 Å². The summed E-state index contributed by atoms with van der Waals surface area (Å²) in [6, 6.07) is 10.4. The van der Waals surface area contributed by atoms with Gasteiger partial charge in [-0.25, -0.2) is 4.98 Å². The minimum absolute atomic E-state index is 0.0619. The second-order valence-corrected chi connectivity index (χ2v) is 6.92. The van der Waals surface area contributed by atoms with E-state index in [0.717, 1.165) is 16.0 Å². The number of nitrogens with one attached hydrogen (secondary N) is 1. The number of carbonyl (C=O) groups is 2. The summed E-state index contributed by atoms with van der Waals surface area (Å²) in [7, 11) is 4.63. The van der Waals surface area contributed by atoms with Crippen molar-refractivity contribution in [2.45, 2.75) is 12.8 Å². The molecule has 0 atom stereocenters. The van der Waals surface area contributed by atoms with E-state index in [1.807, 2.05) is 18.2 Å². The largest absolute Gasteiger partial charge is 0.497 e. The molecule has 3 rings (SSSR count). The molecule has 2 aromatic carbocycles. The molecule has 3 aromatic rings. The predicted molar refractivity (Wildman–Crippen MR) is 108 cm³/mol. The molecule has 0 aliphatic carbocycles. The number of methoxy groups -OCH3 is 3. The fraction of sp³-hybridized carbons (Fsp3) is 0.250. The summed E-state index contributed by atoms with van der Waals surface area (Å²) in [5, 5.41) is 3.24. The van der Waals surface area contributed by atoms with E-state index in [1.165, 1.54) is 25.6 Å². The van der Waals surface area contributed by atoms with E-state index in [-0.39, 0.29) is 24.5 Å². The summed E-state index contributed by atoms with van der Waals surface area (Å²) in [6.07, 6.45) is 0.145. The van der Waals surface area contributed by atoms with E-state index in [2.05, 4.69) is 10.3 Å². The molecule has 28 heavy (non-hydrogen) atoms. The van der Waals surface area contributed by atoms with Crippen LogP contribution in [0.1, 0.15) is 23.2 Å². The second kappa shape index (κ2) is 8.71. The van der Waals surface area contributed by atoms with Crippen molar-refractivity contribution < 1.29 is 23.8 Å². The van der Waals surface area contributed by atoms with Crippen LogP contribution in [0, 0.1) is 0 Å². The Balaban J connectivity index is 1.60. The summed E-state index contributed by atoms with van der Waals surface area (Å²) in [6.45, 7) is 0. The van der Waals surface area contributed by atoms with Gasteiger partial charge in [-0.1, -0.05) is 11.3 Å². The van der Waals surface area contributed by atoms with Crippen LogP contribution in [-0.4, -0.2) is 38.0 Å². The van der Waals surface area contributed by atoms with Gasteiger partial charge in [-0.05, 0) is 36.4 Å². The van der Waals surface area contributed by atoms with Gasteiger partial charge in [0.25, 0.3) is 0 Å². The van der Waals surface area contributed by atoms with Crippen LogP contribution < -0.4 is 19.5 Å². The van der Waals surface area contributed by atoms with Crippen LogP contribution in [0.4, 0.5) is 5.13 Å². The van der Waals surface area contributed by atoms with Crippen LogP contribution >= 0.6 is 11.3 Å². The number of aromatic nitrogens is 1. The Labute approximate surface area is 166 Å². The highest BCUT2D eigenvalue weighted by molar-refractivity contribution is 7.22. The second-order valence-electron chi connectivity index (χ2n) is 5.89. The van der Waals surface area contributed by atoms with Gasteiger partial charge < -0.3 is 19.5 Å². The molecule has 1 heterocycles. The summed E-state index contributed by atoms with van der Waals surface area (Å²) < 4.78 is 16.5. The summed E-state index contributed by atoms with van der Waals surface area (Å²) >= 11 is 1.36. The standard InChI is InChI=1S/C20H20N2O5S/c1-25-13-5-6-14-18(11-13)28-20(21-14)22-19(24)9-7-15(23)12-4-8-16(26-2)17(10-12)27-3/h4-6,8,10-11H,7,9H2,1-3H3,(H,21,22,24). The number of hydrogen-bond donors (Lipinski definition) is 1. The first-order chi connectivity index (χ1) is 13.5. The molecule has 0 saturated carbocycles. The number of fused-ring (bicyclic) bond motifs is 1. The lowest BCUT2D eigenvalue weighted by Crippen LogP contribution is -2.13. The van der Waals surface area contributed by atoms with Gasteiger partial charge in [-0.2, -0.15) is 0 Å². The monoisotopic (exact) mass is 400 g/mol. The molecule has 1 N–H and O–H groups in total. The van der Waals surface area contributed by atoms with E-state index in [0.29, 0.717) is 22.2 Å². The quantitative estimate of drug-likeness (QED) is 0.577. The first kappa shape index (κ1) is 19.6. The normalized spacial score (nSPS) is 10.5. The topological polar surface area (TPSA) is 86.8 Å². The predicted octanol–water partition coefficient (Wildman–Crippen LogP) is 3.92. The zero-order valence-corrected chi connectivity index (χ0v) is 16.6. The van der Waals surface area contributed by atoms with Crippen LogP contribution in [0.25, 0.3) is 10.2 Å². The van der Waals surface area contributed by atoms with Gasteiger partial charge in [0.05, 0.1) is 31.5 Å². The Morgan fingerprint density at radius 3 is 2.46 bits per heavy atom. The molecular formula is C20H20N2O5S. The Morgan fingerprint density at radius 1 is 0.964 bits per heavy atom. The van der Waals surface area contributed by atoms with Crippen molar-refractivity contribution >= 4 is 38.4 Å². The maximum absolute atomic E-state index is 12.4. The summed E-state index contributed by atoms with van der Waals surface area (Å²) in [4.78, 5) is 29.0. The minimum Gasteiger partial charge on any atom is -0.497 e. The Kier molecular flexibility index (Phi) is 6.10. The Morgan fingerprint density at radius 2 is 1.75 bits per heavy atom. The maximum Gasteiger partial charge on any atom is 0.226 e. The minimum atomic E-state index is -0.264. The highest BCUT2D eigenvalue weighted by atomic mass is 32.1. The molecule has 0 aliphatic rings. The molecule has 0 fully saturated rings. The molecule has 0 saturated heterocycles.